The fourth-order valence-electron chi connectivity index (χ4n) is 2.26. The minimum atomic E-state index is -1.05. The van der Waals surface area contributed by atoms with E-state index < -0.39 is 5.97 Å². The van der Waals surface area contributed by atoms with E-state index in [-0.39, 0.29) is 11.1 Å². The topological polar surface area (TPSA) is 59.3 Å². The Balaban J connectivity index is 2.29. The van der Waals surface area contributed by atoms with Gasteiger partial charge in [-0.2, -0.15) is 0 Å². The summed E-state index contributed by atoms with van der Waals surface area (Å²) in [5, 5.41) is 9.77. The predicted molar refractivity (Wildman–Crippen MR) is 67.9 cm³/mol. The molecule has 18 heavy (non-hydrogen) atoms. The molecule has 0 radical (unpaired) electrons. The van der Waals surface area contributed by atoms with Gasteiger partial charge in [0, 0.05) is 18.0 Å². The van der Waals surface area contributed by atoms with Gasteiger partial charge in [0.2, 0.25) is 0 Å². The molecule has 4 heteroatoms. The lowest BCUT2D eigenvalue weighted by Crippen LogP contribution is -2.22. The monoisotopic (exact) mass is 243 g/mol. The zero-order chi connectivity index (χ0) is 12.7. The first-order valence-electron chi connectivity index (χ1n) is 6.02. The molecule has 3 rings (SSSR count). The van der Waals surface area contributed by atoms with E-state index in [0.29, 0.717) is 23.4 Å². The fourth-order valence-corrected chi connectivity index (χ4v) is 2.26. The Bertz CT molecular complexity index is 683. The summed E-state index contributed by atoms with van der Waals surface area (Å²) in [6, 6.07) is 8.41. The highest BCUT2D eigenvalue weighted by molar-refractivity contribution is 6.02. The number of nitrogens with zero attached hydrogens (tertiary/aromatic N) is 1. The van der Waals surface area contributed by atoms with Crippen molar-refractivity contribution in [2.75, 3.05) is 0 Å². The Morgan fingerprint density at radius 2 is 2.06 bits per heavy atom. The van der Waals surface area contributed by atoms with Gasteiger partial charge in [-0.3, -0.25) is 4.79 Å². The normalized spacial score (nSPS) is 14.9. The number of pyridine rings is 1. The van der Waals surface area contributed by atoms with Crippen LogP contribution in [0.25, 0.3) is 10.9 Å². The van der Waals surface area contributed by atoms with Crippen LogP contribution in [0.4, 0.5) is 0 Å². The number of rotatable bonds is 3. The number of carbonyl (C=O) groups is 1. The van der Waals surface area contributed by atoms with Gasteiger partial charge in [-0.25, -0.2) is 4.79 Å². The van der Waals surface area contributed by atoms with Gasteiger partial charge >= 0.3 is 5.97 Å². The van der Waals surface area contributed by atoms with Gasteiger partial charge in [0.15, 0.2) is 0 Å². The number of carboxylic acids is 1. The number of hydrogen-bond donors (Lipinski definition) is 1. The van der Waals surface area contributed by atoms with Crippen molar-refractivity contribution in [3.63, 3.8) is 0 Å². The Hall–Kier alpha value is -2.10. The van der Waals surface area contributed by atoms with E-state index in [9.17, 15) is 9.59 Å². The molecular weight excluding hydrogens is 230 g/mol. The van der Waals surface area contributed by atoms with Crippen molar-refractivity contribution in [3.8, 4) is 0 Å². The number of benzene rings is 1. The van der Waals surface area contributed by atoms with Crippen LogP contribution in [-0.2, 0) is 6.54 Å². The van der Waals surface area contributed by atoms with E-state index in [0.717, 1.165) is 12.8 Å². The number of aromatic carboxylic acids is 1. The van der Waals surface area contributed by atoms with Crippen LogP contribution in [-0.4, -0.2) is 15.6 Å². The summed E-state index contributed by atoms with van der Waals surface area (Å²) in [7, 11) is 0. The summed E-state index contributed by atoms with van der Waals surface area (Å²) in [5.74, 6) is -0.483. The molecule has 1 heterocycles. The molecule has 1 aliphatic rings. The molecule has 1 aromatic carbocycles. The molecule has 0 spiro atoms. The standard InChI is InChI=1S/C14H13NO3/c16-13-7-11(14(17)18)10-3-1-2-4-12(10)15(13)8-9-5-6-9/h1-4,7,9H,5-6,8H2,(H,17,18). The van der Waals surface area contributed by atoms with Crippen molar-refractivity contribution in [3.05, 3.63) is 46.2 Å². The molecule has 0 bridgehead atoms. The van der Waals surface area contributed by atoms with Gasteiger partial charge in [0.25, 0.3) is 5.56 Å². The third-order valence-electron chi connectivity index (χ3n) is 3.39. The molecule has 1 aliphatic carbocycles. The quantitative estimate of drug-likeness (QED) is 0.898. The van der Waals surface area contributed by atoms with Crippen molar-refractivity contribution in [2.45, 2.75) is 19.4 Å². The van der Waals surface area contributed by atoms with Gasteiger partial charge in [0.05, 0.1) is 11.1 Å². The molecule has 0 aliphatic heterocycles. The summed E-state index contributed by atoms with van der Waals surface area (Å²) < 4.78 is 1.69. The van der Waals surface area contributed by atoms with Crippen LogP contribution in [0.15, 0.2) is 35.1 Å². The van der Waals surface area contributed by atoms with Gasteiger partial charge in [-0.1, -0.05) is 18.2 Å². The van der Waals surface area contributed by atoms with Crippen LogP contribution in [0.1, 0.15) is 23.2 Å². The Morgan fingerprint density at radius 3 is 2.72 bits per heavy atom. The molecule has 0 unspecified atom stereocenters. The second kappa shape index (κ2) is 3.98. The summed E-state index contributed by atoms with van der Waals surface area (Å²) >= 11 is 0. The highest BCUT2D eigenvalue weighted by Crippen LogP contribution is 2.31. The Kier molecular flexibility index (Phi) is 2.44. The maximum Gasteiger partial charge on any atom is 0.336 e. The summed E-state index contributed by atoms with van der Waals surface area (Å²) in [4.78, 5) is 23.2. The van der Waals surface area contributed by atoms with E-state index in [1.807, 2.05) is 12.1 Å². The molecule has 0 saturated heterocycles. The first-order valence-corrected chi connectivity index (χ1v) is 6.02. The maximum absolute atomic E-state index is 12.0. The number of aromatic nitrogens is 1. The van der Waals surface area contributed by atoms with Gasteiger partial charge < -0.3 is 9.67 Å². The van der Waals surface area contributed by atoms with Crippen molar-refractivity contribution in [1.29, 1.82) is 0 Å². The minimum absolute atomic E-state index is 0.0858. The van der Waals surface area contributed by atoms with Crippen molar-refractivity contribution in [2.24, 2.45) is 5.92 Å². The molecule has 1 saturated carbocycles. The van der Waals surface area contributed by atoms with E-state index in [4.69, 9.17) is 5.11 Å². The third-order valence-corrected chi connectivity index (χ3v) is 3.39. The number of hydrogen-bond acceptors (Lipinski definition) is 2. The highest BCUT2D eigenvalue weighted by atomic mass is 16.4. The first-order chi connectivity index (χ1) is 8.66. The lowest BCUT2D eigenvalue weighted by atomic mass is 10.1. The molecule has 0 amide bonds. The zero-order valence-electron chi connectivity index (χ0n) is 9.80. The van der Waals surface area contributed by atoms with Gasteiger partial charge in [-0.05, 0) is 24.8 Å². The van der Waals surface area contributed by atoms with Crippen LogP contribution in [0.3, 0.4) is 0 Å². The van der Waals surface area contributed by atoms with Crippen molar-refractivity contribution >= 4 is 16.9 Å². The summed E-state index contributed by atoms with van der Waals surface area (Å²) in [5.41, 5.74) is 0.579. The summed E-state index contributed by atoms with van der Waals surface area (Å²) in [6.07, 6.45) is 2.31. The van der Waals surface area contributed by atoms with Gasteiger partial charge in [-0.15, -0.1) is 0 Å². The van der Waals surface area contributed by atoms with Crippen LogP contribution in [0, 0.1) is 5.92 Å². The molecule has 0 atom stereocenters. The molecule has 4 nitrogen and oxygen atoms in total. The fraction of sp³-hybridized carbons (Fsp3) is 0.286. The zero-order valence-corrected chi connectivity index (χ0v) is 9.80. The van der Waals surface area contributed by atoms with Crippen molar-refractivity contribution in [1.82, 2.24) is 4.57 Å². The minimum Gasteiger partial charge on any atom is -0.478 e. The molecule has 1 fully saturated rings. The smallest absolute Gasteiger partial charge is 0.336 e. The molecule has 1 aromatic heterocycles. The van der Waals surface area contributed by atoms with Gasteiger partial charge in [0.1, 0.15) is 0 Å². The predicted octanol–water partition coefficient (Wildman–Crippen LogP) is 2.11. The number of para-hydroxylation sites is 1. The number of fused-ring (bicyclic) bond motifs is 1. The summed E-state index contributed by atoms with van der Waals surface area (Å²) in [6.45, 7) is 0.694. The number of carboxylic acid groups (broad SMARTS) is 1. The third kappa shape index (κ3) is 1.79. The molecule has 1 N–H and O–H groups in total. The second-order valence-electron chi connectivity index (χ2n) is 4.77. The maximum atomic E-state index is 12.0. The molecule has 2 aromatic rings. The van der Waals surface area contributed by atoms with E-state index >= 15 is 0 Å². The second-order valence-corrected chi connectivity index (χ2v) is 4.77. The van der Waals surface area contributed by atoms with Crippen LogP contribution in [0.2, 0.25) is 0 Å². The van der Waals surface area contributed by atoms with Crippen LogP contribution in [0.5, 0.6) is 0 Å². The molecular formula is C14H13NO3. The highest BCUT2D eigenvalue weighted by Gasteiger charge is 2.23. The van der Waals surface area contributed by atoms with Crippen LogP contribution >= 0.6 is 0 Å². The van der Waals surface area contributed by atoms with E-state index in [2.05, 4.69) is 0 Å². The average molecular weight is 243 g/mol. The van der Waals surface area contributed by atoms with E-state index in [1.165, 1.54) is 6.07 Å². The Labute approximate surface area is 103 Å². The molecule has 92 valence electrons. The largest absolute Gasteiger partial charge is 0.478 e. The lowest BCUT2D eigenvalue weighted by molar-refractivity contribution is 0.0698. The SMILES string of the molecule is O=C(O)c1cc(=O)n(CC2CC2)c2ccccc12. The first kappa shape index (κ1) is 11.0. The average Bonchev–Trinajstić information content (AvgIpc) is 3.16. The van der Waals surface area contributed by atoms with E-state index in [1.54, 1.807) is 16.7 Å². The Morgan fingerprint density at radius 1 is 1.33 bits per heavy atom. The van der Waals surface area contributed by atoms with Crippen LogP contribution < -0.4 is 5.56 Å². The van der Waals surface area contributed by atoms with Crippen molar-refractivity contribution < 1.29 is 9.90 Å². The lowest BCUT2D eigenvalue weighted by Gasteiger charge is -2.11.